The molecule has 0 saturated carbocycles. The van der Waals surface area contributed by atoms with E-state index in [9.17, 15) is 4.79 Å². The van der Waals surface area contributed by atoms with Crippen molar-refractivity contribution in [2.24, 2.45) is 0 Å². The molecule has 0 bridgehead atoms. The monoisotopic (exact) mass is 524 g/mol. The molecular weight excluding hydrogens is 500 g/mol. The molecule has 5 aromatic rings. The summed E-state index contributed by atoms with van der Waals surface area (Å²) in [4.78, 5) is 26.5. The molecule has 5 rings (SSSR count). The number of hydrogen-bond donors (Lipinski definition) is 1. The van der Waals surface area contributed by atoms with E-state index in [1.807, 2.05) is 66.7 Å². The molecule has 0 aliphatic heterocycles. The molecule has 0 saturated heterocycles. The molecule has 0 spiro atoms. The number of hydrogen-bond acceptors (Lipinski definition) is 9. The number of rotatable bonds is 8. The van der Waals surface area contributed by atoms with Crippen LogP contribution in [0.2, 0.25) is 0 Å². The number of carbonyl (C=O) groups excluding carboxylic acids is 1. The Bertz CT molecular complexity index is 1630. The lowest BCUT2D eigenvalue weighted by molar-refractivity contribution is 0.0600. The minimum absolute atomic E-state index is 0.355. The van der Waals surface area contributed by atoms with Crippen LogP contribution in [0, 0.1) is 0 Å². The fraction of sp³-hybridized carbons (Fsp3) is 0.103. The number of benzene rings is 3. The van der Waals surface area contributed by atoms with Gasteiger partial charge < -0.3 is 19.5 Å². The van der Waals surface area contributed by atoms with Gasteiger partial charge in [0.1, 0.15) is 10.3 Å². The van der Waals surface area contributed by atoms with Crippen LogP contribution in [0.1, 0.15) is 21.5 Å². The Morgan fingerprint density at radius 1 is 0.868 bits per heavy atom. The summed E-state index contributed by atoms with van der Waals surface area (Å²) in [5.41, 5.74) is 6.58. The summed E-state index contributed by atoms with van der Waals surface area (Å²) in [6.07, 6.45) is 3.99. The number of anilines is 2. The first kappa shape index (κ1) is 24.9. The summed E-state index contributed by atoms with van der Waals surface area (Å²) in [6.45, 7) is 0. The molecule has 2 aromatic heterocycles. The van der Waals surface area contributed by atoms with Crippen molar-refractivity contribution in [1.29, 1.82) is 0 Å². The number of nitrogens with one attached hydrogen (secondary N) is 1. The van der Waals surface area contributed by atoms with E-state index in [-0.39, 0.29) is 5.97 Å². The van der Waals surface area contributed by atoms with Crippen molar-refractivity contribution in [3.63, 3.8) is 0 Å². The van der Waals surface area contributed by atoms with Crippen LogP contribution in [0.3, 0.4) is 0 Å². The largest absolute Gasteiger partial charge is 0.493 e. The lowest BCUT2D eigenvalue weighted by Gasteiger charge is -2.12. The van der Waals surface area contributed by atoms with E-state index in [0.717, 1.165) is 27.2 Å². The highest BCUT2D eigenvalue weighted by atomic mass is 32.1. The van der Waals surface area contributed by atoms with E-state index in [1.165, 1.54) is 18.4 Å². The van der Waals surface area contributed by atoms with Crippen LogP contribution in [0.15, 0.2) is 72.2 Å². The summed E-state index contributed by atoms with van der Waals surface area (Å²) in [7, 11) is 4.57. The third kappa shape index (κ3) is 5.33. The van der Waals surface area contributed by atoms with E-state index < -0.39 is 0 Å². The fourth-order valence-electron chi connectivity index (χ4n) is 3.85. The van der Waals surface area contributed by atoms with Gasteiger partial charge >= 0.3 is 5.97 Å². The van der Waals surface area contributed by atoms with Gasteiger partial charge in [-0.25, -0.2) is 19.7 Å². The first-order chi connectivity index (χ1) is 18.6. The lowest BCUT2D eigenvalue weighted by Crippen LogP contribution is -2.00. The van der Waals surface area contributed by atoms with Crippen LogP contribution >= 0.6 is 11.3 Å². The highest BCUT2D eigenvalue weighted by molar-refractivity contribution is 7.16. The van der Waals surface area contributed by atoms with E-state index in [1.54, 1.807) is 31.9 Å². The molecule has 1 N–H and O–H groups in total. The second kappa shape index (κ2) is 11.1. The van der Waals surface area contributed by atoms with Crippen molar-refractivity contribution >= 4 is 51.3 Å². The third-order valence-electron chi connectivity index (χ3n) is 5.79. The first-order valence-electron chi connectivity index (χ1n) is 11.6. The van der Waals surface area contributed by atoms with Gasteiger partial charge in [0.05, 0.1) is 32.4 Å². The van der Waals surface area contributed by atoms with E-state index in [4.69, 9.17) is 24.2 Å². The molecule has 0 amide bonds. The molecule has 38 heavy (non-hydrogen) atoms. The van der Waals surface area contributed by atoms with Crippen molar-refractivity contribution in [1.82, 2.24) is 15.0 Å². The van der Waals surface area contributed by atoms with Crippen LogP contribution in [0.4, 0.5) is 11.5 Å². The number of carbonyl (C=O) groups is 1. The van der Waals surface area contributed by atoms with Crippen molar-refractivity contribution in [2.45, 2.75) is 0 Å². The first-order valence-corrected chi connectivity index (χ1v) is 12.5. The normalized spacial score (nSPS) is 11.0. The molecule has 8 nitrogen and oxygen atoms in total. The Morgan fingerprint density at radius 3 is 2.42 bits per heavy atom. The van der Waals surface area contributed by atoms with Gasteiger partial charge in [-0.3, -0.25) is 0 Å². The highest BCUT2D eigenvalue weighted by Crippen LogP contribution is 2.33. The summed E-state index contributed by atoms with van der Waals surface area (Å²) in [6, 6.07) is 20.8. The summed E-state index contributed by atoms with van der Waals surface area (Å²) >= 11 is 1.46. The topological polar surface area (TPSA) is 95.5 Å². The van der Waals surface area contributed by atoms with Gasteiger partial charge in [0.25, 0.3) is 0 Å². The quantitative estimate of drug-likeness (QED) is 0.182. The molecule has 9 heteroatoms. The lowest BCUT2D eigenvalue weighted by atomic mass is 10.1. The maximum absolute atomic E-state index is 11.7. The van der Waals surface area contributed by atoms with E-state index in [2.05, 4.69) is 10.3 Å². The van der Waals surface area contributed by atoms with E-state index in [0.29, 0.717) is 34.2 Å². The number of esters is 1. The predicted octanol–water partition coefficient (Wildman–Crippen LogP) is 6.47. The third-order valence-corrected chi connectivity index (χ3v) is 6.51. The van der Waals surface area contributed by atoms with Gasteiger partial charge in [0.2, 0.25) is 0 Å². The Kier molecular flexibility index (Phi) is 7.28. The van der Waals surface area contributed by atoms with Crippen molar-refractivity contribution in [2.75, 3.05) is 26.6 Å². The van der Waals surface area contributed by atoms with Crippen molar-refractivity contribution in [3.05, 3.63) is 88.9 Å². The van der Waals surface area contributed by atoms with Gasteiger partial charge in [-0.1, -0.05) is 42.5 Å². The maximum Gasteiger partial charge on any atom is 0.337 e. The summed E-state index contributed by atoms with van der Waals surface area (Å²) in [5, 5.41) is 3.36. The minimum atomic E-state index is -0.355. The van der Waals surface area contributed by atoms with Gasteiger partial charge in [-0.05, 0) is 41.5 Å². The van der Waals surface area contributed by atoms with Crippen LogP contribution in [-0.2, 0) is 4.74 Å². The Morgan fingerprint density at radius 2 is 1.66 bits per heavy atom. The fourth-order valence-corrected chi connectivity index (χ4v) is 4.51. The number of aromatic nitrogens is 3. The second-order valence-corrected chi connectivity index (χ2v) is 9.00. The molecule has 0 fully saturated rings. The Hall–Kier alpha value is -4.76. The van der Waals surface area contributed by atoms with Crippen LogP contribution < -0.4 is 14.8 Å². The Labute approximate surface area is 223 Å². The summed E-state index contributed by atoms with van der Waals surface area (Å²) in [5.74, 6) is 2.09. The number of thiazole rings is 1. The summed E-state index contributed by atoms with van der Waals surface area (Å²) < 4.78 is 15.5. The van der Waals surface area contributed by atoms with E-state index >= 15 is 0 Å². The predicted molar refractivity (Wildman–Crippen MR) is 150 cm³/mol. The smallest absolute Gasteiger partial charge is 0.337 e. The van der Waals surface area contributed by atoms with Crippen LogP contribution in [0.25, 0.3) is 33.9 Å². The molecule has 0 radical (unpaired) electrons. The molecule has 0 unspecified atom stereocenters. The number of nitrogens with zero attached hydrogens (tertiary/aromatic N) is 3. The molecule has 0 aliphatic rings. The van der Waals surface area contributed by atoms with Crippen LogP contribution in [0.5, 0.6) is 11.5 Å². The maximum atomic E-state index is 11.7. The highest BCUT2D eigenvalue weighted by Gasteiger charge is 2.14. The van der Waals surface area contributed by atoms with Gasteiger partial charge in [-0.2, -0.15) is 0 Å². The molecule has 2 heterocycles. The molecule has 0 aliphatic carbocycles. The number of methoxy groups -OCH3 is 3. The van der Waals surface area contributed by atoms with Gasteiger partial charge in [0, 0.05) is 17.3 Å². The number of ether oxygens (including phenoxy) is 3. The van der Waals surface area contributed by atoms with Gasteiger partial charge in [0.15, 0.2) is 23.1 Å². The minimum Gasteiger partial charge on any atom is -0.493 e. The zero-order chi connectivity index (χ0) is 26.5. The SMILES string of the molecule is COC(=O)c1ccc(C=Cc2cccc(-c3nc(Nc4ccc(OC)c(OC)c4)c4ncsc4n3)c2)cc1. The average molecular weight is 525 g/mol. The second-order valence-electron chi connectivity index (χ2n) is 8.17. The van der Waals surface area contributed by atoms with Crippen LogP contribution in [-0.4, -0.2) is 42.3 Å². The zero-order valence-corrected chi connectivity index (χ0v) is 21.8. The van der Waals surface area contributed by atoms with Crippen molar-refractivity contribution in [3.8, 4) is 22.9 Å². The average Bonchev–Trinajstić information content (AvgIpc) is 3.45. The molecule has 190 valence electrons. The number of fused-ring (bicyclic) bond motifs is 1. The Balaban J connectivity index is 1.43. The van der Waals surface area contributed by atoms with Gasteiger partial charge in [-0.15, -0.1) is 11.3 Å². The molecule has 0 atom stereocenters. The molecular formula is C29H24N4O4S. The van der Waals surface area contributed by atoms with Crippen molar-refractivity contribution < 1.29 is 19.0 Å². The molecule has 3 aromatic carbocycles. The zero-order valence-electron chi connectivity index (χ0n) is 21.0. The standard InChI is InChI=1S/C29H24N4O4S/c1-35-23-14-13-22(16-24(23)36-2)31-27-25-28(38-17-30-25)33-26(32-27)21-6-4-5-19(15-21)8-7-18-9-11-20(12-10-18)29(34)37-3/h4-17H,1-3H3,(H,31,32,33).